The van der Waals surface area contributed by atoms with E-state index in [1.807, 2.05) is 44.2 Å². The Bertz CT molecular complexity index is 1660. The lowest BCUT2D eigenvalue weighted by Gasteiger charge is -2.31. The summed E-state index contributed by atoms with van der Waals surface area (Å²) < 4.78 is 12.0. The van der Waals surface area contributed by atoms with Gasteiger partial charge in [0.2, 0.25) is 11.8 Å². The van der Waals surface area contributed by atoms with Crippen LogP contribution in [0.1, 0.15) is 41.5 Å². The van der Waals surface area contributed by atoms with Gasteiger partial charge in [-0.15, -0.1) is 0 Å². The number of phenolic OH excluding ortho intramolecular Hbond substituents is 1. The fourth-order valence-electron chi connectivity index (χ4n) is 7.37. The number of carbonyl (C=O) groups excluding carboxylic acids is 2. The number of allylic oxidation sites excluding steroid dienone is 1. The van der Waals surface area contributed by atoms with Crippen LogP contribution in [0.4, 0.5) is 5.69 Å². The normalized spacial score (nSPS) is 23.0. The van der Waals surface area contributed by atoms with Gasteiger partial charge in [-0.2, -0.15) is 0 Å². The summed E-state index contributed by atoms with van der Waals surface area (Å²) in [6, 6.07) is 20.5. The van der Waals surface area contributed by atoms with Gasteiger partial charge in [-0.05, 0) is 102 Å². The van der Waals surface area contributed by atoms with Crippen molar-refractivity contribution in [2.24, 2.45) is 17.8 Å². The van der Waals surface area contributed by atoms with Gasteiger partial charge in [0.05, 0.1) is 36.8 Å². The molecule has 0 spiro atoms. The van der Waals surface area contributed by atoms with Crippen LogP contribution in [-0.2, 0) is 19.1 Å². The van der Waals surface area contributed by atoms with Gasteiger partial charge in [-0.1, -0.05) is 48.5 Å². The summed E-state index contributed by atoms with van der Waals surface area (Å²) in [6.45, 7) is 4.50. The number of rotatable bonds is 9. The number of aromatic hydroxyl groups is 1. The molecule has 0 bridgehead atoms. The molecule has 9 heteroatoms. The number of benzene rings is 3. The summed E-state index contributed by atoms with van der Waals surface area (Å²) in [5.41, 5.74) is 7.55. The summed E-state index contributed by atoms with van der Waals surface area (Å²) >= 11 is 0. The number of nitrogens with zero attached hydrogens (tertiary/aromatic N) is 1. The molecule has 1 aliphatic carbocycles. The third-order valence-corrected chi connectivity index (χ3v) is 9.43. The number of methoxy groups -OCH3 is 1. The van der Waals surface area contributed by atoms with Crippen molar-refractivity contribution in [1.82, 2.24) is 0 Å². The largest absolute Gasteiger partial charge is 0.507 e. The van der Waals surface area contributed by atoms with Crippen molar-refractivity contribution in [3.63, 3.8) is 0 Å². The SMILES string of the molecule is COCC1=C2[C@@H](CC/C(=C/c3cc(C)c(O)c(C)c3)c3ccccc3)OC[C@@H]2[C@@H]2C(=O)N(c3cccc(B(O)O)c3)C(=O)[C@@H]2C1. The van der Waals surface area contributed by atoms with Gasteiger partial charge in [0.25, 0.3) is 0 Å². The topological polar surface area (TPSA) is 117 Å². The number of hydrogen-bond donors (Lipinski definition) is 3. The third kappa shape index (κ3) is 5.89. The van der Waals surface area contributed by atoms with Gasteiger partial charge in [0.15, 0.2) is 0 Å². The van der Waals surface area contributed by atoms with E-state index >= 15 is 0 Å². The molecule has 3 aromatic rings. The zero-order valence-electron chi connectivity index (χ0n) is 25.8. The molecule has 0 aromatic heterocycles. The van der Waals surface area contributed by atoms with Gasteiger partial charge in [-0.25, -0.2) is 0 Å². The molecule has 0 saturated carbocycles. The second-order valence-corrected chi connectivity index (χ2v) is 12.3. The molecule has 2 saturated heterocycles. The summed E-state index contributed by atoms with van der Waals surface area (Å²) in [6.07, 6.45) is 3.77. The number of ether oxygens (including phenoxy) is 2. The minimum absolute atomic E-state index is 0.214. The third-order valence-electron chi connectivity index (χ3n) is 9.43. The van der Waals surface area contributed by atoms with Crippen molar-refractivity contribution in [2.45, 2.75) is 39.2 Å². The average Bonchev–Trinajstić information content (AvgIpc) is 3.56. The molecule has 8 nitrogen and oxygen atoms in total. The highest BCUT2D eigenvalue weighted by molar-refractivity contribution is 6.58. The van der Waals surface area contributed by atoms with E-state index in [1.54, 1.807) is 25.3 Å². The molecule has 0 unspecified atom stereocenters. The Hall–Kier alpha value is -4.02. The number of hydrogen-bond acceptors (Lipinski definition) is 7. The van der Waals surface area contributed by atoms with E-state index in [1.165, 1.54) is 11.0 Å². The first-order valence-electron chi connectivity index (χ1n) is 15.4. The van der Waals surface area contributed by atoms with Crippen LogP contribution >= 0.6 is 0 Å². The molecule has 2 fully saturated rings. The highest BCUT2D eigenvalue weighted by Gasteiger charge is 2.57. The number of carbonyl (C=O) groups is 2. The first-order chi connectivity index (χ1) is 21.7. The van der Waals surface area contributed by atoms with E-state index in [4.69, 9.17) is 9.47 Å². The maximum atomic E-state index is 13.9. The van der Waals surface area contributed by atoms with Crippen LogP contribution < -0.4 is 10.4 Å². The summed E-state index contributed by atoms with van der Waals surface area (Å²) in [7, 11) is -0.0701. The predicted molar refractivity (Wildman–Crippen MR) is 174 cm³/mol. The Morgan fingerprint density at radius 3 is 2.42 bits per heavy atom. The zero-order valence-corrected chi connectivity index (χ0v) is 25.8. The van der Waals surface area contributed by atoms with Crippen LogP contribution in [0.3, 0.4) is 0 Å². The molecule has 3 N–H and O–H groups in total. The van der Waals surface area contributed by atoms with Crippen LogP contribution in [0.5, 0.6) is 5.75 Å². The Morgan fingerprint density at radius 2 is 1.73 bits per heavy atom. The van der Waals surface area contributed by atoms with Crippen molar-refractivity contribution in [3.05, 3.63) is 100 Å². The van der Waals surface area contributed by atoms with E-state index in [-0.39, 0.29) is 29.3 Å². The Balaban J connectivity index is 1.29. The Kier molecular flexibility index (Phi) is 8.79. The molecule has 4 atom stereocenters. The van der Waals surface area contributed by atoms with E-state index in [0.29, 0.717) is 43.9 Å². The van der Waals surface area contributed by atoms with Crippen LogP contribution in [0.2, 0.25) is 0 Å². The van der Waals surface area contributed by atoms with Gasteiger partial charge in [-0.3, -0.25) is 14.5 Å². The van der Waals surface area contributed by atoms with Gasteiger partial charge >= 0.3 is 7.12 Å². The zero-order chi connectivity index (χ0) is 31.8. The van der Waals surface area contributed by atoms with E-state index in [0.717, 1.165) is 39.0 Å². The summed E-state index contributed by atoms with van der Waals surface area (Å²) in [5, 5.41) is 29.6. The van der Waals surface area contributed by atoms with Crippen molar-refractivity contribution in [1.29, 1.82) is 0 Å². The van der Waals surface area contributed by atoms with Gasteiger partial charge in [0, 0.05) is 13.0 Å². The van der Waals surface area contributed by atoms with Crippen LogP contribution in [-0.4, -0.2) is 60.5 Å². The molecule has 2 aliphatic heterocycles. The minimum Gasteiger partial charge on any atom is -0.507 e. The standard InChI is InChI=1S/C36H38BNO7/c1-21-14-23(15-22(2)34(21)39)16-25(24-8-5-4-6-9-24)12-13-31-32-26(19-44-3)17-29-33(30(32)20-45-31)36(41)38(35(29)40)28-11-7-10-27(18-28)37(42)43/h4-11,14-16,18,29-31,33,39,42-43H,12-13,17,19-20H2,1-3H3/b25-16-/t29-,30+,31-,33-/m1/s1. The van der Waals surface area contributed by atoms with Crippen molar-refractivity contribution in [3.8, 4) is 5.75 Å². The van der Waals surface area contributed by atoms with E-state index in [2.05, 4.69) is 18.2 Å². The number of aryl methyl sites for hydroxylation is 2. The maximum absolute atomic E-state index is 13.9. The highest BCUT2D eigenvalue weighted by Crippen LogP contribution is 2.50. The smallest absolute Gasteiger partial charge is 0.488 e. The summed E-state index contributed by atoms with van der Waals surface area (Å²) in [4.78, 5) is 28.8. The first-order valence-corrected chi connectivity index (χ1v) is 15.4. The molecule has 3 aliphatic rings. The molecule has 6 rings (SSSR count). The van der Waals surface area contributed by atoms with E-state index in [9.17, 15) is 24.7 Å². The Morgan fingerprint density at radius 1 is 1.00 bits per heavy atom. The highest BCUT2D eigenvalue weighted by atomic mass is 16.5. The predicted octanol–water partition coefficient (Wildman–Crippen LogP) is 4.18. The van der Waals surface area contributed by atoms with Crippen LogP contribution in [0, 0.1) is 31.6 Å². The molecule has 0 radical (unpaired) electrons. The minimum atomic E-state index is -1.71. The number of anilines is 1. The molecular formula is C36H38BNO7. The molecule has 3 aromatic carbocycles. The molecule has 232 valence electrons. The molecule has 2 amide bonds. The molecule has 45 heavy (non-hydrogen) atoms. The second kappa shape index (κ2) is 12.8. The lowest BCUT2D eigenvalue weighted by Crippen LogP contribution is -2.36. The molecular weight excluding hydrogens is 569 g/mol. The number of imide groups is 1. The Labute approximate surface area is 263 Å². The van der Waals surface area contributed by atoms with Gasteiger partial charge < -0.3 is 24.6 Å². The fourth-order valence-corrected chi connectivity index (χ4v) is 7.37. The monoisotopic (exact) mass is 607 g/mol. The van der Waals surface area contributed by atoms with Crippen molar-refractivity contribution >= 4 is 41.7 Å². The second-order valence-electron chi connectivity index (χ2n) is 12.3. The lowest BCUT2D eigenvalue weighted by atomic mass is 9.69. The maximum Gasteiger partial charge on any atom is 0.488 e. The van der Waals surface area contributed by atoms with Crippen molar-refractivity contribution < 1.29 is 34.2 Å². The van der Waals surface area contributed by atoms with Crippen LogP contribution in [0.25, 0.3) is 11.6 Å². The first kappa shape index (κ1) is 31.0. The quantitative estimate of drug-likeness (QED) is 0.145. The number of phenols is 1. The number of amides is 2. The van der Waals surface area contributed by atoms with E-state index < -0.39 is 19.0 Å². The van der Waals surface area contributed by atoms with Crippen molar-refractivity contribution in [2.75, 3.05) is 25.2 Å². The van der Waals surface area contributed by atoms with Crippen LogP contribution in [0.15, 0.2) is 77.9 Å². The molecule has 2 heterocycles. The fraction of sp³-hybridized carbons (Fsp3) is 0.333. The lowest BCUT2D eigenvalue weighted by molar-refractivity contribution is -0.122. The average molecular weight is 608 g/mol. The number of fused-ring (bicyclic) bond motifs is 3. The summed E-state index contributed by atoms with van der Waals surface area (Å²) in [5.74, 6) is -1.56. The van der Waals surface area contributed by atoms with Gasteiger partial charge in [0.1, 0.15) is 5.75 Å².